The summed E-state index contributed by atoms with van der Waals surface area (Å²) in [6, 6.07) is 8.68. The van der Waals surface area contributed by atoms with E-state index in [2.05, 4.69) is 4.98 Å². The van der Waals surface area contributed by atoms with E-state index >= 15 is 0 Å². The van der Waals surface area contributed by atoms with Gasteiger partial charge in [0.2, 0.25) is 0 Å². The summed E-state index contributed by atoms with van der Waals surface area (Å²) in [5, 5.41) is 9.06. The molecular weight excluding hydrogens is 309 g/mol. The number of aromatic carboxylic acids is 1. The molecule has 0 saturated heterocycles. The first kappa shape index (κ1) is 15.1. The predicted molar refractivity (Wildman–Crippen MR) is 77.8 cm³/mol. The van der Waals surface area contributed by atoms with E-state index in [-0.39, 0.29) is 16.8 Å². The number of fused-ring (bicyclic) bond motifs is 1. The summed E-state index contributed by atoms with van der Waals surface area (Å²) in [6.45, 7) is 1.46. The monoisotopic (exact) mass is 320 g/mol. The first-order chi connectivity index (χ1) is 10.8. The van der Waals surface area contributed by atoms with E-state index < -0.39 is 17.7 Å². The summed E-state index contributed by atoms with van der Waals surface area (Å²) in [6.07, 6.45) is -3.38. The highest BCUT2D eigenvalue weighted by molar-refractivity contribution is 5.90. The molecule has 7 heteroatoms. The number of halogens is 3. The van der Waals surface area contributed by atoms with Crippen molar-refractivity contribution in [1.82, 2.24) is 9.55 Å². The van der Waals surface area contributed by atoms with E-state index in [1.165, 1.54) is 23.9 Å². The normalized spacial score (nSPS) is 11.8. The fourth-order valence-electron chi connectivity index (χ4n) is 2.50. The summed E-state index contributed by atoms with van der Waals surface area (Å²) in [5.41, 5.74) is -0.206. The first-order valence-electron chi connectivity index (χ1n) is 6.66. The van der Waals surface area contributed by atoms with E-state index in [4.69, 9.17) is 5.11 Å². The Labute approximate surface area is 128 Å². The Morgan fingerprint density at radius 3 is 2.57 bits per heavy atom. The van der Waals surface area contributed by atoms with Crippen molar-refractivity contribution in [2.45, 2.75) is 13.1 Å². The molecule has 0 atom stereocenters. The summed E-state index contributed by atoms with van der Waals surface area (Å²) in [5.74, 6) is -1.39. The second kappa shape index (κ2) is 5.12. The highest BCUT2D eigenvalue weighted by atomic mass is 19.4. The van der Waals surface area contributed by atoms with Crippen molar-refractivity contribution in [2.75, 3.05) is 0 Å². The minimum absolute atomic E-state index is 0.145. The number of carboxylic acids is 1. The number of hydrogen-bond donors (Lipinski definition) is 1. The Kier molecular flexibility index (Phi) is 3.35. The molecule has 118 valence electrons. The number of aryl methyl sites for hydroxylation is 1. The molecule has 0 aliphatic carbocycles. The lowest BCUT2D eigenvalue weighted by Crippen LogP contribution is -2.13. The Morgan fingerprint density at radius 1 is 1.22 bits per heavy atom. The van der Waals surface area contributed by atoms with Gasteiger partial charge in [-0.2, -0.15) is 13.2 Å². The molecule has 0 fully saturated rings. The van der Waals surface area contributed by atoms with E-state index in [1.54, 1.807) is 24.3 Å². The van der Waals surface area contributed by atoms with Gasteiger partial charge in [0.25, 0.3) is 0 Å². The van der Waals surface area contributed by atoms with Crippen LogP contribution in [-0.4, -0.2) is 20.6 Å². The zero-order valence-corrected chi connectivity index (χ0v) is 11.9. The SMILES string of the molecule is Cc1cc(-n2cnc3ccccc32)c(C(F)(F)F)cc1C(=O)O. The van der Waals surface area contributed by atoms with Crippen LogP contribution in [0.15, 0.2) is 42.7 Å². The third-order valence-electron chi connectivity index (χ3n) is 3.59. The van der Waals surface area contributed by atoms with Gasteiger partial charge in [-0.3, -0.25) is 4.57 Å². The molecule has 0 amide bonds. The standard InChI is InChI=1S/C16H11F3N2O2/c1-9-6-14(11(16(17,18)19)7-10(9)15(22)23)21-8-20-12-4-2-3-5-13(12)21/h2-8H,1H3,(H,22,23). The molecule has 0 aliphatic heterocycles. The van der Waals surface area contributed by atoms with Gasteiger partial charge in [-0.25, -0.2) is 9.78 Å². The van der Waals surface area contributed by atoms with Crippen molar-refractivity contribution in [3.8, 4) is 5.69 Å². The van der Waals surface area contributed by atoms with Gasteiger partial charge >= 0.3 is 12.1 Å². The molecule has 1 heterocycles. The van der Waals surface area contributed by atoms with Gasteiger partial charge < -0.3 is 5.11 Å². The predicted octanol–water partition coefficient (Wildman–Crippen LogP) is 4.05. The number of benzene rings is 2. The van der Waals surface area contributed by atoms with Crippen LogP contribution in [0.3, 0.4) is 0 Å². The number of nitrogens with zero attached hydrogens (tertiary/aromatic N) is 2. The molecule has 2 aromatic carbocycles. The zero-order valence-electron chi connectivity index (χ0n) is 11.9. The lowest BCUT2D eigenvalue weighted by molar-refractivity contribution is -0.137. The molecule has 0 unspecified atom stereocenters. The zero-order chi connectivity index (χ0) is 16.8. The molecule has 0 radical (unpaired) electrons. The van der Waals surface area contributed by atoms with Crippen LogP contribution >= 0.6 is 0 Å². The van der Waals surface area contributed by atoms with Crippen molar-refractivity contribution in [3.63, 3.8) is 0 Å². The molecule has 1 aromatic heterocycles. The van der Waals surface area contributed by atoms with Gasteiger partial charge in [-0.05, 0) is 36.8 Å². The van der Waals surface area contributed by atoms with E-state index in [0.29, 0.717) is 17.1 Å². The van der Waals surface area contributed by atoms with Crippen LogP contribution in [0.2, 0.25) is 0 Å². The highest BCUT2D eigenvalue weighted by Crippen LogP contribution is 2.36. The van der Waals surface area contributed by atoms with Gasteiger partial charge in [0.05, 0.1) is 27.8 Å². The van der Waals surface area contributed by atoms with Crippen LogP contribution in [0, 0.1) is 6.92 Å². The van der Waals surface area contributed by atoms with Crippen molar-refractivity contribution < 1.29 is 23.1 Å². The van der Waals surface area contributed by atoms with Crippen molar-refractivity contribution in [1.29, 1.82) is 0 Å². The summed E-state index contributed by atoms with van der Waals surface area (Å²) in [7, 11) is 0. The number of imidazole rings is 1. The fraction of sp³-hybridized carbons (Fsp3) is 0.125. The van der Waals surface area contributed by atoms with Gasteiger partial charge in [-0.15, -0.1) is 0 Å². The Balaban J connectivity index is 2.34. The molecule has 0 aliphatic rings. The molecule has 0 saturated carbocycles. The van der Waals surface area contributed by atoms with E-state index in [9.17, 15) is 18.0 Å². The van der Waals surface area contributed by atoms with Crippen LogP contribution in [0.25, 0.3) is 16.7 Å². The molecule has 3 rings (SSSR count). The van der Waals surface area contributed by atoms with Crippen LogP contribution in [-0.2, 0) is 6.18 Å². The maximum absolute atomic E-state index is 13.4. The average molecular weight is 320 g/mol. The number of rotatable bonds is 2. The minimum Gasteiger partial charge on any atom is -0.478 e. The largest absolute Gasteiger partial charge is 0.478 e. The van der Waals surface area contributed by atoms with Gasteiger partial charge in [0.15, 0.2) is 0 Å². The van der Waals surface area contributed by atoms with Crippen LogP contribution in [0.5, 0.6) is 0 Å². The Morgan fingerprint density at radius 2 is 1.91 bits per heavy atom. The maximum Gasteiger partial charge on any atom is 0.418 e. The van der Waals surface area contributed by atoms with Crippen LogP contribution < -0.4 is 0 Å². The third kappa shape index (κ3) is 2.54. The quantitative estimate of drug-likeness (QED) is 0.775. The van der Waals surface area contributed by atoms with E-state index in [1.807, 2.05) is 0 Å². The molecule has 1 N–H and O–H groups in total. The minimum atomic E-state index is -4.68. The second-order valence-corrected chi connectivity index (χ2v) is 5.09. The second-order valence-electron chi connectivity index (χ2n) is 5.09. The van der Waals surface area contributed by atoms with Gasteiger partial charge in [0, 0.05) is 0 Å². The average Bonchev–Trinajstić information content (AvgIpc) is 2.89. The number of alkyl halides is 3. The van der Waals surface area contributed by atoms with Gasteiger partial charge in [-0.1, -0.05) is 12.1 Å². The Bertz CT molecular complexity index is 913. The molecule has 23 heavy (non-hydrogen) atoms. The summed E-state index contributed by atoms with van der Waals surface area (Å²) >= 11 is 0. The molecular formula is C16H11F3N2O2. The van der Waals surface area contributed by atoms with Crippen molar-refractivity contribution in [2.24, 2.45) is 0 Å². The molecule has 0 bridgehead atoms. The lowest BCUT2D eigenvalue weighted by atomic mass is 10.0. The smallest absolute Gasteiger partial charge is 0.418 e. The number of para-hydroxylation sites is 2. The molecule has 4 nitrogen and oxygen atoms in total. The van der Waals surface area contributed by atoms with Crippen molar-refractivity contribution >= 4 is 17.0 Å². The summed E-state index contributed by atoms with van der Waals surface area (Å²) in [4.78, 5) is 15.2. The fourth-order valence-corrected chi connectivity index (χ4v) is 2.50. The number of carbonyl (C=O) groups is 1. The number of aromatic nitrogens is 2. The molecule has 0 spiro atoms. The third-order valence-corrected chi connectivity index (χ3v) is 3.59. The number of carboxylic acid groups (broad SMARTS) is 1. The van der Waals surface area contributed by atoms with Crippen LogP contribution in [0.4, 0.5) is 13.2 Å². The van der Waals surface area contributed by atoms with Crippen LogP contribution in [0.1, 0.15) is 21.5 Å². The number of hydrogen-bond acceptors (Lipinski definition) is 2. The lowest BCUT2D eigenvalue weighted by Gasteiger charge is -2.16. The van der Waals surface area contributed by atoms with Crippen molar-refractivity contribution in [3.05, 3.63) is 59.4 Å². The first-order valence-corrected chi connectivity index (χ1v) is 6.66. The highest BCUT2D eigenvalue weighted by Gasteiger charge is 2.35. The molecule has 3 aromatic rings. The topological polar surface area (TPSA) is 55.1 Å². The van der Waals surface area contributed by atoms with Gasteiger partial charge in [0.1, 0.15) is 6.33 Å². The Hall–Kier alpha value is -2.83. The summed E-state index contributed by atoms with van der Waals surface area (Å²) < 4.78 is 41.5. The van der Waals surface area contributed by atoms with E-state index in [0.717, 1.165) is 0 Å². The maximum atomic E-state index is 13.4.